The lowest BCUT2D eigenvalue weighted by Crippen LogP contribution is -2.18. The SMILES string of the molecule is NC1(c2ccc3cncn3c2)CC1. The first-order valence-electron chi connectivity index (χ1n) is 4.49. The van der Waals surface area contributed by atoms with Crippen molar-refractivity contribution in [3.05, 3.63) is 36.4 Å². The van der Waals surface area contributed by atoms with E-state index in [2.05, 4.69) is 23.3 Å². The van der Waals surface area contributed by atoms with Gasteiger partial charge in [-0.15, -0.1) is 0 Å². The number of aromatic nitrogens is 2. The third-order valence-corrected chi connectivity index (χ3v) is 2.77. The van der Waals surface area contributed by atoms with Gasteiger partial charge in [0.25, 0.3) is 0 Å². The van der Waals surface area contributed by atoms with E-state index in [9.17, 15) is 0 Å². The molecule has 1 saturated carbocycles. The lowest BCUT2D eigenvalue weighted by atomic mass is 10.1. The molecule has 0 aliphatic heterocycles. The van der Waals surface area contributed by atoms with Crippen LogP contribution in [-0.4, -0.2) is 9.38 Å². The van der Waals surface area contributed by atoms with Gasteiger partial charge < -0.3 is 10.1 Å². The van der Waals surface area contributed by atoms with E-state index in [0.717, 1.165) is 18.4 Å². The van der Waals surface area contributed by atoms with Gasteiger partial charge >= 0.3 is 0 Å². The van der Waals surface area contributed by atoms with Crippen molar-refractivity contribution in [3.63, 3.8) is 0 Å². The second-order valence-corrected chi connectivity index (χ2v) is 3.80. The Morgan fingerprint density at radius 3 is 3.00 bits per heavy atom. The fraction of sp³-hybridized carbons (Fsp3) is 0.300. The maximum absolute atomic E-state index is 6.09. The molecular weight excluding hydrogens is 162 g/mol. The standard InChI is InChI=1S/C10H11N3/c11-10(3-4-10)8-1-2-9-5-12-7-13(9)6-8/h1-2,5-7H,3-4,11H2. The van der Waals surface area contributed by atoms with Crippen LogP contribution >= 0.6 is 0 Å². The highest BCUT2D eigenvalue weighted by Gasteiger charge is 2.40. The Bertz CT molecular complexity index is 454. The molecule has 13 heavy (non-hydrogen) atoms. The molecule has 2 aromatic rings. The number of hydrogen-bond acceptors (Lipinski definition) is 2. The van der Waals surface area contributed by atoms with Crippen LogP contribution in [0.1, 0.15) is 18.4 Å². The van der Waals surface area contributed by atoms with Crippen molar-refractivity contribution in [2.75, 3.05) is 0 Å². The third kappa shape index (κ3) is 0.971. The first-order chi connectivity index (χ1) is 6.28. The van der Waals surface area contributed by atoms with Gasteiger partial charge in [-0.1, -0.05) is 6.07 Å². The van der Waals surface area contributed by atoms with Gasteiger partial charge in [0, 0.05) is 11.7 Å². The molecule has 0 spiro atoms. The third-order valence-electron chi connectivity index (χ3n) is 2.77. The summed E-state index contributed by atoms with van der Waals surface area (Å²) >= 11 is 0. The molecule has 0 bridgehead atoms. The molecule has 0 aromatic carbocycles. The Hall–Kier alpha value is -1.35. The summed E-state index contributed by atoms with van der Waals surface area (Å²) in [5, 5.41) is 0. The summed E-state index contributed by atoms with van der Waals surface area (Å²) in [4.78, 5) is 4.07. The molecule has 66 valence electrons. The summed E-state index contributed by atoms with van der Waals surface area (Å²) in [6.45, 7) is 0. The number of pyridine rings is 1. The number of imidazole rings is 1. The molecule has 3 heteroatoms. The maximum atomic E-state index is 6.09. The van der Waals surface area contributed by atoms with Gasteiger partial charge in [0.2, 0.25) is 0 Å². The zero-order chi connectivity index (χ0) is 8.89. The monoisotopic (exact) mass is 173 g/mol. The van der Waals surface area contributed by atoms with E-state index < -0.39 is 0 Å². The highest BCUT2D eigenvalue weighted by molar-refractivity contribution is 5.47. The largest absolute Gasteiger partial charge is 0.321 e. The normalized spacial score (nSPS) is 19.2. The number of nitrogens with two attached hydrogens (primary N) is 1. The predicted molar refractivity (Wildman–Crippen MR) is 50.3 cm³/mol. The molecule has 2 N–H and O–H groups in total. The number of rotatable bonds is 1. The first kappa shape index (κ1) is 7.09. The second kappa shape index (κ2) is 2.12. The molecule has 0 radical (unpaired) electrons. The van der Waals surface area contributed by atoms with Gasteiger partial charge in [0.15, 0.2) is 0 Å². The molecule has 3 rings (SSSR count). The van der Waals surface area contributed by atoms with Crippen LogP contribution in [-0.2, 0) is 5.54 Å². The van der Waals surface area contributed by atoms with Gasteiger partial charge in [-0.25, -0.2) is 4.98 Å². The van der Waals surface area contributed by atoms with Gasteiger partial charge in [-0.05, 0) is 24.5 Å². The smallest absolute Gasteiger partial charge is 0.0992 e. The zero-order valence-electron chi connectivity index (χ0n) is 7.27. The summed E-state index contributed by atoms with van der Waals surface area (Å²) < 4.78 is 2.02. The Kier molecular flexibility index (Phi) is 1.15. The maximum Gasteiger partial charge on any atom is 0.0992 e. The Labute approximate surface area is 76.2 Å². The minimum Gasteiger partial charge on any atom is -0.321 e. The van der Waals surface area contributed by atoms with Crippen molar-refractivity contribution in [2.24, 2.45) is 5.73 Å². The molecule has 1 aliphatic carbocycles. The van der Waals surface area contributed by atoms with Crippen LogP contribution < -0.4 is 5.73 Å². The number of hydrogen-bond donors (Lipinski definition) is 1. The lowest BCUT2D eigenvalue weighted by molar-refractivity contribution is 0.733. The predicted octanol–water partition coefficient (Wildman–Crippen LogP) is 1.28. The molecule has 1 aliphatic rings. The van der Waals surface area contributed by atoms with E-state index >= 15 is 0 Å². The summed E-state index contributed by atoms with van der Waals surface area (Å²) in [7, 11) is 0. The Balaban J connectivity index is 2.20. The molecule has 2 heterocycles. The van der Waals surface area contributed by atoms with Crippen molar-refractivity contribution in [2.45, 2.75) is 18.4 Å². The average molecular weight is 173 g/mol. The minimum absolute atomic E-state index is 0.0432. The lowest BCUT2D eigenvalue weighted by Gasteiger charge is -2.08. The van der Waals surface area contributed by atoms with E-state index in [-0.39, 0.29) is 5.54 Å². The van der Waals surface area contributed by atoms with Gasteiger partial charge in [-0.3, -0.25) is 0 Å². The van der Waals surface area contributed by atoms with Crippen LogP contribution in [0.5, 0.6) is 0 Å². The quantitative estimate of drug-likeness (QED) is 0.706. The second-order valence-electron chi connectivity index (χ2n) is 3.80. The molecule has 0 amide bonds. The summed E-state index contributed by atoms with van der Waals surface area (Å²) in [5.74, 6) is 0. The van der Waals surface area contributed by atoms with E-state index in [1.807, 2.05) is 16.9 Å². The van der Waals surface area contributed by atoms with E-state index in [0.29, 0.717) is 0 Å². The molecule has 0 saturated heterocycles. The van der Waals surface area contributed by atoms with E-state index in [4.69, 9.17) is 5.73 Å². The van der Waals surface area contributed by atoms with Crippen LogP contribution in [0.2, 0.25) is 0 Å². The van der Waals surface area contributed by atoms with Crippen LogP contribution in [0.15, 0.2) is 30.9 Å². The average Bonchev–Trinajstić information content (AvgIpc) is 2.74. The summed E-state index contributed by atoms with van der Waals surface area (Å²) in [5.41, 5.74) is 8.39. The minimum atomic E-state index is -0.0432. The highest BCUT2D eigenvalue weighted by Crippen LogP contribution is 2.42. The topological polar surface area (TPSA) is 43.3 Å². The summed E-state index contributed by atoms with van der Waals surface area (Å²) in [6, 6.07) is 4.17. The first-order valence-corrected chi connectivity index (χ1v) is 4.49. The highest BCUT2D eigenvalue weighted by atomic mass is 15.0. The number of nitrogens with zero attached hydrogens (tertiary/aromatic N) is 2. The van der Waals surface area contributed by atoms with Crippen molar-refractivity contribution in [1.29, 1.82) is 0 Å². The van der Waals surface area contributed by atoms with Crippen LogP contribution in [0.4, 0.5) is 0 Å². The molecule has 3 nitrogen and oxygen atoms in total. The fourth-order valence-corrected chi connectivity index (χ4v) is 1.64. The summed E-state index contributed by atoms with van der Waals surface area (Å²) in [6.07, 6.45) is 7.94. The zero-order valence-corrected chi connectivity index (χ0v) is 7.27. The molecular formula is C10H11N3. The van der Waals surface area contributed by atoms with Crippen molar-refractivity contribution in [3.8, 4) is 0 Å². The van der Waals surface area contributed by atoms with Gasteiger partial charge in [0.1, 0.15) is 0 Å². The van der Waals surface area contributed by atoms with Crippen LogP contribution in [0.3, 0.4) is 0 Å². The molecule has 0 atom stereocenters. The Morgan fingerprint density at radius 1 is 1.38 bits per heavy atom. The fourth-order valence-electron chi connectivity index (χ4n) is 1.64. The molecule has 1 fully saturated rings. The molecule has 0 unspecified atom stereocenters. The van der Waals surface area contributed by atoms with E-state index in [1.54, 1.807) is 0 Å². The molecule has 2 aromatic heterocycles. The van der Waals surface area contributed by atoms with Crippen molar-refractivity contribution >= 4 is 5.52 Å². The van der Waals surface area contributed by atoms with Crippen LogP contribution in [0.25, 0.3) is 5.52 Å². The van der Waals surface area contributed by atoms with Crippen molar-refractivity contribution < 1.29 is 0 Å². The van der Waals surface area contributed by atoms with E-state index in [1.165, 1.54) is 5.56 Å². The number of fused-ring (bicyclic) bond motifs is 1. The van der Waals surface area contributed by atoms with Crippen molar-refractivity contribution in [1.82, 2.24) is 9.38 Å². The van der Waals surface area contributed by atoms with Gasteiger partial charge in [0.05, 0.1) is 18.0 Å². The van der Waals surface area contributed by atoms with Crippen LogP contribution in [0, 0.1) is 0 Å². The Morgan fingerprint density at radius 2 is 2.23 bits per heavy atom. The van der Waals surface area contributed by atoms with Gasteiger partial charge in [-0.2, -0.15) is 0 Å².